The molecule has 1 saturated heterocycles. The van der Waals surface area contributed by atoms with Crippen molar-refractivity contribution in [3.63, 3.8) is 0 Å². The maximum atomic E-state index is 13.6. The number of nitrogens with one attached hydrogen (secondary N) is 1. The molecular weight excluding hydrogens is 467 g/mol. The normalized spacial score (nSPS) is 17.0. The predicted octanol–water partition coefficient (Wildman–Crippen LogP) is 4.20. The number of sulfonamides is 1. The van der Waals surface area contributed by atoms with Crippen LogP contribution in [-0.2, 0) is 16.2 Å². The van der Waals surface area contributed by atoms with Gasteiger partial charge in [0.1, 0.15) is 11.6 Å². The highest BCUT2D eigenvalue weighted by atomic mass is 32.2. The summed E-state index contributed by atoms with van der Waals surface area (Å²) in [6.45, 7) is 2.93. The summed E-state index contributed by atoms with van der Waals surface area (Å²) < 4.78 is 69.2. The van der Waals surface area contributed by atoms with E-state index in [0.717, 1.165) is 25.0 Å². The lowest BCUT2D eigenvalue weighted by atomic mass is 10.0. The molecule has 34 heavy (non-hydrogen) atoms. The summed E-state index contributed by atoms with van der Waals surface area (Å²) in [4.78, 5) is 10.2. The molecule has 1 fully saturated rings. The van der Waals surface area contributed by atoms with Crippen molar-refractivity contribution in [2.24, 2.45) is 5.73 Å². The second kappa shape index (κ2) is 9.22. The smallest absolute Gasteiger partial charge is 0.355 e. The number of hydrogen-bond donors (Lipinski definition) is 2. The Bertz CT molecular complexity index is 1300. The Labute approximate surface area is 195 Å². The molecule has 180 valence electrons. The van der Waals surface area contributed by atoms with Crippen molar-refractivity contribution >= 4 is 21.7 Å². The molecule has 2 aromatic heterocycles. The number of hydrogen-bond acceptors (Lipinski definition) is 6. The number of nitrogens with zero attached hydrogens (tertiary/aromatic N) is 3. The quantitative estimate of drug-likeness (QED) is 0.555. The number of piperidine rings is 1. The lowest BCUT2D eigenvalue weighted by Crippen LogP contribution is -2.43. The zero-order valence-corrected chi connectivity index (χ0v) is 19.2. The van der Waals surface area contributed by atoms with E-state index >= 15 is 0 Å². The molecule has 11 heteroatoms. The molecule has 0 radical (unpaired) electrons. The van der Waals surface area contributed by atoms with Crippen LogP contribution in [0.1, 0.15) is 24.0 Å². The first kappa shape index (κ1) is 24.0. The molecule has 0 aliphatic carbocycles. The third-order valence-electron chi connectivity index (χ3n) is 5.61. The summed E-state index contributed by atoms with van der Waals surface area (Å²) in [5.74, 6) is 0.234. The van der Waals surface area contributed by atoms with E-state index in [4.69, 9.17) is 5.73 Å². The highest BCUT2D eigenvalue weighted by Gasteiger charge is 2.35. The molecule has 1 atom stereocenters. The molecule has 3 heterocycles. The Morgan fingerprint density at radius 2 is 1.82 bits per heavy atom. The number of alkyl halides is 3. The maximum Gasteiger partial charge on any atom is 0.418 e. The fourth-order valence-electron chi connectivity index (χ4n) is 3.93. The van der Waals surface area contributed by atoms with Crippen LogP contribution in [0.2, 0.25) is 0 Å². The van der Waals surface area contributed by atoms with Gasteiger partial charge in [0.15, 0.2) is 5.03 Å². The van der Waals surface area contributed by atoms with E-state index in [1.165, 1.54) is 12.1 Å². The van der Waals surface area contributed by atoms with Crippen LogP contribution in [0.15, 0.2) is 59.6 Å². The minimum absolute atomic E-state index is 0.0230. The molecule has 1 aromatic carbocycles. The summed E-state index contributed by atoms with van der Waals surface area (Å²) in [6.07, 6.45) is -2.90. The largest absolute Gasteiger partial charge is 0.418 e. The van der Waals surface area contributed by atoms with Crippen LogP contribution < -0.4 is 15.4 Å². The first-order chi connectivity index (χ1) is 16.0. The number of benzene rings is 1. The minimum atomic E-state index is -4.66. The molecule has 7 nitrogen and oxygen atoms in total. The Balaban J connectivity index is 1.68. The molecule has 3 N–H and O–H groups in total. The van der Waals surface area contributed by atoms with Gasteiger partial charge in [0.25, 0.3) is 10.0 Å². The molecule has 0 unspecified atom stereocenters. The summed E-state index contributed by atoms with van der Waals surface area (Å²) in [6, 6.07) is 12.9. The van der Waals surface area contributed by atoms with Gasteiger partial charge in [0.2, 0.25) is 0 Å². The van der Waals surface area contributed by atoms with Crippen molar-refractivity contribution in [2.75, 3.05) is 22.7 Å². The number of pyridine rings is 2. The monoisotopic (exact) mass is 491 g/mol. The Morgan fingerprint density at radius 1 is 1.06 bits per heavy atom. The first-order valence-corrected chi connectivity index (χ1v) is 12.2. The lowest BCUT2D eigenvalue weighted by molar-refractivity contribution is -0.137. The molecule has 3 aromatic rings. The minimum Gasteiger partial charge on any atom is -0.355 e. The van der Waals surface area contributed by atoms with Gasteiger partial charge in [0.05, 0.1) is 11.3 Å². The van der Waals surface area contributed by atoms with Gasteiger partial charge in [-0.3, -0.25) is 4.72 Å². The van der Waals surface area contributed by atoms with Gasteiger partial charge >= 0.3 is 6.18 Å². The van der Waals surface area contributed by atoms with E-state index in [-0.39, 0.29) is 28.1 Å². The van der Waals surface area contributed by atoms with Crippen molar-refractivity contribution < 1.29 is 21.6 Å². The zero-order chi connectivity index (χ0) is 24.5. The van der Waals surface area contributed by atoms with Gasteiger partial charge < -0.3 is 10.6 Å². The Hall–Kier alpha value is -3.18. The van der Waals surface area contributed by atoms with Crippen molar-refractivity contribution in [3.05, 3.63) is 65.7 Å². The SMILES string of the molecule is Cc1ccccc1-c1nc(NS(=O)(=O)c2cccc(N3CCC[C@@H](N)C3)n2)ccc1C(F)(F)F. The van der Waals surface area contributed by atoms with Gasteiger partial charge in [-0.15, -0.1) is 0 Å². The standard InChI is InChI=1S/C23H24F3N5O2S/c1-15-6-2-3-8-17(15)22-18(23(24,25)26)11-12-19(28-22)30-34(32,33)21-10-4-9-20(29-21)31-13-5-7-16(27)14-31/h2-4,6,8-12,16H,5,7,13-14,27H2,1H3,(H,28,30)/t16-/m1/s1. The van der Waals surface area contributed by atoms with Gasteiger partial charge in [-0.25, -0.2) is 9.97 Å². The van der Waals surface area contributed by atoms with Crippen molar-refractivity contribution in [3.8, 4) is 11.3 Å². The van der Waals surface area contributed by atoms with E-state index in [0.29, 0.717) is 24.5 Å². The van der Waals surface area contributed by atoms with Crippen LogP contribution in [-0.4, -0.2) is 37.5 Å². The van der Waals surface area contributed by atoms with Gasteiger partial charge in [-0.05, 0) is 49.6 Å². The highest BCUT2D eigenvalue weighted by Crippen LogP contribution is 2.38. The van der Waals surface area contributed by atoms with Crippen LogP contribution >= 0.6 is 0 Å². The van der Waals surface area contributed by atoms with Crippen LogP contribution in [0.3, 0.4) is 0 Å². The summed E-state index contributed by atoms with van der Waals surface area (Å²) in [7, 11) is -4.21. The van der Waals surface area contributed by atoms with Crippen molar-refractivity contribution in [1.29, 1.82) is 0 Å². The van der Waals surface area contributed by atoms with Crippen LogP contribution in [0.25, 0.3) is 11.3 Å². The molecule has 1 aliphatic rings. The van der Waals surface area contributed by atoms with E-state index < -0.39 is 21.8 Å². The highest BCUT2D eigenvalue weighted by molar-refractivity contribution is 7.92. The fourth-order valence-corrected chi connectivity index (χ4v) is 4.89. The fraction of sp³-hybridized carbons (Fsp3) is 0.304. The molecule has 0 amide bonds. The molecular formula is C23H24F3N5O2S. The molecule has 4 rings (SSSR count). The number of anilines is 2. The third kappa shape index (κ3) is 5.15. The molecule has 0 spiro atoms. The van der Waals surface area contributed by atoms with Gasteiger partial charge in [-0.1, -0.05) is 30.3 Å². The van der Waals surface area contributed by atoms with E-state index in [1.54, 1.807) is 37.3 Å². The molecule has 1 aliphatic heterocycles. The van der Waals surface area contributed by atoms with Crippen LogP contribution in [0.5, 0.6) is 0 Å². The topological polar surface area (TPSA) is 101 Å². The van der Waals surface area contributed by atoms with E-state index in [9.17, 15) is 21.6 Å². The third-order valence-corrected chi connectivity index (χ3v) is 6.86. The second-order valence-corrected chi connectivity index (χ2v) is 9.82. The zero-order valence-electron chi connectivity index (χ0n) is 18.4. The average molecular weight is 492 g/mol. The number of halogens is 3. The Kier molecular flexibility index (Phi) is 6.50. The van der Waals surface area contributed by atoms with E-state index in [1.807, 2.05) is 4.90 Å². The second-order valence-electron chi connectivity index (χ2n) is 8.19. The number of aryl methyl sites for hydroxylation is 1. The van der Waals surface area contributed by atoms with E-state index in [2.05, 4.69) is 14.7 Å². The first-order valence-electron chi connectivity index (χ1n) is 10.7. The lowest BCUT2D eigenvalue weighted by Gasteiger charge is -2.31. The van der Waals surface area contributed by atoms with Crippen LogP contribution in [0, 0.1) is 6.92 Å². The Morgan fingerprint density at radius 3 is 2.53 bits per heavy atom. The molecule has 0 bridgehead atoms. The summed E-state index contributed by atoms with van der Waals surface area (Å²) >= 11 is 0. The van der Waals surface area contributed by atoms with Gasteiger partial charge in [-0.2, -0.15) is 21.6 Å². The molecule has 0 saturated carbocycles. The van der Waals surface area contributed by atoms with Gasteiger partial charge in [0, 0.05) is 24.7 Å². The summed E-state index contributed by atoms with van der Waals surface area (Å²) in [5.41, 5.74) is 5.55. The average Bonchev–Trinajstić information content (AvgIpc) is 2.78. The predicted molar refractivity (Wildman–Crippen MR) is 124 cm³/mol. The maximum absolute atomic E-state index is 13.6. The number of rotatable bonds is 5. The number of nitrogens with two attached hydrogens (primary N) is 1. The number of aromatic nitrogens is 2. The van der Waals surface area contributed by atoms with Crippen molar-refractivity contribution in [1.82, 2.24) is 9.97 Å². The van der Waals surface area contributed by atoms with Crippen LogP contribution in [0.4, 0.5) is 24.8 Å². The summed E-state index contributed by atoms with van der Waals surface area (Å²) in [5, 5.41) is -0.261. The van der Waals surface area contributed by atoms with Crippen molar-refractivity contribution in [2.45, 2.75) is 37.0 Å².